The second-order valence-electron chi connectivity index (χ2n) is 4.43. The molecule has 1 aromatic heterocycles. The van der Waals surface area contributed by atoms with Gasteiger partial charge in [-0.15, -0.1) is 0 Å². The van der Waals surface area contributed by atoms with Crippen LogP contribution in [0.1, 0.15) is 42.4 Å². The quantitative estimate of drug-likeness (QED) is 0.823. The van der Waals surface area contributed by atoms with Gasteiger partial charge in [-0.1, -0.05) is 12.1 Å². The molecule has 94 valence electrons. The number of piperidine rings is 1. The van der Waals surface area contributed by atoms with Crippen molar-refractivity contribution in [2.24, 2.45) is 0 Å². The molecule has 1 aliphatic heterocycles. The summed E-state index contributed by atoms with van der Waals surface area (Å²) in [5.74, 6) is 0.658. The third-order valence-corrected chi connectivity index (χ3v) is 2.96. The van der Waals surface area contributed by atoms with Crippen molar-refractivity contribution in [3.05, 3.63) is 17.5 Å². The first-order valence-electron chi connectivity index (χ1n) is 6.26. The van der Waals surface area contributed by atoms with Crippen molar-refractivity contribution in [3.8, 4) is 0 Å². The van der Waals surface area contributed by atoms with Crippen molar-refractivity contribution >= 4 is 5.91 Å². The summed E-state index contributed by atoms with van der Waals surface area (Å²) in [5, 5.41) is 10.0. The molecule has 5 nitrogen and oxygen atoms in total. The molecule has 0 spiro atoms. The van der Waals surface area contributed by atoms with E-state index in [-0.39, 0.29) is 11.9 Å². The Labute approximate surface area is 101 Å². The van der Waals surface area contributed by atoms with E-state index in [1.165, 1.54) is 0 Å². The standard InChI is InChI=1S/C12H19N3O2/c1-2-3-10-8-11(15-17-10)12(16)14-9-4-6-13-7-5-9/h8-9,13H,2-7H2,1H3,(H,14,16). The van der Waals surface area contributed by atoms with E-state index in [0.717, 1.165) is 44.5 Å². The van der Waals surface area contributed by atoms with Crippen LogP contribution < -0.4 is 10.6 Å². The predicted molar refractivity (Wildman–Crippen MR) is 63.9 cm³/mol. The van der Waals surface area contributed by atoms with Gasteiger partial charge in [-0.25, -0.2) is 0 Å². The second-order valence-corrected chi connectivity index (χ2v) is 4.43. The molecule has 0 aliphatic carbocycles. The Kier molecular flexibility index (Phi) is 4.14. The molecule has 0 unspecified atom stereocenters. The smallest absolute Gasteiger partial charge is 0.273 e. The van der Waals surface area contributed by atoms with Crippen LogP contribution in [-0.4, -0.2) is 30.2 Å². The second kappa shape index (κ2) is 5.82. The number of amides is 1. The first-order valence-corrected chi connectivity index (χ1v) is 6.26. The lowest BCUT2D eigenvalue weighted by Crippen LogP contribution is -2.42. The number of aryl methyl sites for hydroxylation is 1. The molecule has 2 heterocycles. The highest BCUT2D eigenvalue weighted by Gasteiger charge is 2.18. The molecular weight excluding hydrogens is 218 g/mol. The Balaban J connectivity index is 1.89. The molecule has 2 rings (SSSR count). The minimum Gasteiger partial charge on any atom is -0.361 e. The lowest BCUT2D eigenvalue weighted by atomic mass is 10.1. The van der Waals surface area contributed by atoms with Gasteiger partial charge in [0.25, 0.3) is 5.91 Å². The Morgan fingerprint density at radius 2 is 2.35 bits per heavy atom. The number of hydrogen-bond acceptors (Lipinski definition) is 4. The lowest BCUT2D eigenvalue weighted by molar-refractivity contribution is 0.0920. The summed E-state index contributed by atoms with van der Waals surface area (Å²) >= 11 is 0. The molecule has 1 aromatic rings. The number of hydrogen-bond donors (Lipinski definition) is 2. The Hall–Kier alpha value is -1.36. The molecule has 0 saturated carbocycles. The molecule has 1 aliphatic rings. The SMILES string of the molecule is CCCc1cc(C(=O)NC2CCNCC2)no1. The molecule has 1 fully saturated rings. The van der Waals surface area contributed by atoms with Crippen LogP contribution in [0, 0.1) is 0 Å². The van der Waals surface area contributed by atoms with Crippen molar-refractivity contribution in [2.45, 2.75) is 38.6 Å². The maximum absolute atomic E-state index is 11.9. The predicted octanol–water partition coefficient (Wildman–Crippen LogP) is 1.11. The Morgan fingerprint density at radius 3 is 3.06 bits per heavy atom. The van der Waals surface area contributed by atoms with Crippen molar-refractivity contribution < 1.29 is 9.32 Å². The summed E-state index contributed by atoms with van der Waals surface area (Å²) in [6.07, 6.45) is 3.77. The molecule has 0 aromatic carbocycles. The zero-order valence-corrected chi connectivity index (χ0v) is 10.2. The van der Waals surface area contributed by atoms with Crippen LogP contribution in [0.4, 0.5) is 0 Å². The van der Waals surface area contributed by atoms with Crippen LogP contribution in [0.25, 0.3) is 0 Å². The van der Waals surface area contributed by atoms with E-state index in [1.54, 1.807) is 6.07 Å². The summed E-state index contributed by atoms with van der Waals surface area (Å²) in [6.45, 7) is 3.99. The average molecular weight is 237 g/mol. The van der Waals surface area contributed by atoms with Crippen LogP contribution in [-0.2, 0) is 6.42 Å². The van der Waals surface area contributed by atoms with Crippen molar-refractivity contribution in [1.82, 2.24) is 15.8 Å². The molecule has 17 heavy (non-hydrogen) atoms. The fraction of sp³-hybridized carbons (Fsp3) is 0.667. The van der Waals surface area contributed by atoms with Crippen molar-refractivity contribution in [2.75, 3.05) is 13.1 Å². The molecule has 1 saturated heterocycles. The molecule has 0 bridgehead atoms. The Morgan fingerprint density at radius 1 is 1.59 bits per heavy atom. The van der Waals surface area contributed by atoms with Crippen LogP contribution >= 0.6 is 0 Å². The highest BCUT2D eigenvalue weighted by Crippen LogP contribution is 2.08. The number of nitrogens with zero attached hydrogens (tertiary/aromatic N) is 1. The van der Waals surface area contributed by atoms with Gasteiger partial charge in [0, 0.05) is 18.5 Å². The summed E-state index contributed by atoms with van der Waals surface area (Å²) in [4.78, 5) is 11.9. The summed E-state index contributed by atoms with van der Waals surface area (Å²) in [6, 6.07) is 2.00. The van der Waals surface area contributed by atoms with E-state index in [1.807, 2.05) is 0 Å². The lowest BCUT2D eigenvalue weighted by Gasteiger charge is -2.23. The van der Waals surface area contributed by atoms with E-state index in [4.69, 9.17) is 4.52 Å². The number of carbonyl (C=O) groups excluding carboxylic acids is 1. The fourth-order valence-corrected chi connectivity index (χ4v) is 2.01. The third kappa shape index (κ3) is 3.30. The molecule has 1 amide bonds. The molecular formula is C12H19N3O2. The molecule has 0 atom stereocenters. The van der Waals surface area contributed by atoms with Gasteiger partial charge in [-0.3, -0.25) is 4.79 Å². The van der Waals surface area contributed by atoms with Crippen LogP contribution in [0.3, 0.4) is 0 Å². The molecule has 2 N–H and O–H groups in total. The number of rotatable bonds is 4. The number of nitrogens with one attached hydrogen (secondary N) is 2. The Bertz CT molecular complexity index is 370. The van der Waals surface area contributed by atoms with Gasteiger partial charge in [0.05, 0.1) is 0 Å². The topological polar surface area (TPSA) is 67.2 Å². The minimum atomic E-state index is -0.122. The minimum absolute atomic E-state index is 0.122. The average Bonchev–Trinajstić information content (AvgIpc) is 2.79. The zero-order chi connectivity index (χ0) is 12.1. The summed E-state index contributed by atoms with van der Waals surface area (Å²) < 4.78 is 5.09. The van der Waals surface area contributed by atoms with E-state index in [9.17, 15) is 4.79 Å². The van der Waals surface area contributed by atoms with Crippen LogP contribution in [0.15, 0.2) is 10.6 Å². The largest absolute Gasteiger partial charge is 0.361 e. The number of aromatic nitrogens is 1. The molecule has 5 heteroatoms. The first kappa shape index (κ1) is 12.1. The zero-order valence-electron chi connectivity index (χ0n) is 10.2. The van der Waals surface area contributed by atoms with Crippen LogP contribution in [0.5, 0.6) is 0 Å². The third-order valence-electron chi connectivity index (χ3n) is 2.96. The molecule has 0 radical (unpaired) electrons. The van der Waals surface area contributed by atoms with E-state index < -0.39 is 0 Å². The maximum Gasteiger partial charge on any atom is 0.273 e. The van der Waals surface area contributed by atoms with E-state index >= 15 is 0 Å². The normalized spacial score (nSPS) is 17.0. The van der Waals surface area contributed by atoms with Gasteiger partial charge in [0.1, 0.15) is 5.76 Å². The fourth-order valence-electron chi connectivity index (χ4n) is 2.01. The van der Waals surface area contributed by atoms with Gasteiger partial charge >= 0.3 is 0 Å². The van der Waals surface area contributed by atoms with E-state index in [2.05, 4.69) is 22.7 Å². The maximum atomic E-state index is 11.9. The van der Waals surface area contributed by atoms with E-state index in [0.29, 0.717) is 5.69 Å². The van der Waals surface area contributed by atoms with Gasteiger partial charge in [-0.05, 0) is 32.4 Å². The highest BCUT2D eigenvalue weighted by molar-refractivity contribution is 5.92. The van der Waals surface area contributed by atoms with Gasteiger partial charge < -0.3 is 15.2 Å². The highest BCUT2D eigenvalue weighted by atomic mass is 16.5. The van der Waals surface area contributed by atoms with Gasteiger partial charge in [-0.2, -0.15) is 0 Å². The van der Waals surface area contributed by atoms with Crippen molar-refractivity contribution in [3.63, 3.8) is 0 Å². The number of carbonyl (C=O) groups is 1. The van der Waals surface area contributed by atoms with Crippen molar-refractivity contribution in [1.29, 1.82) is 0 Å². The monoisotopic (exact) mass is 237 g/mol. The van der Waals surface area contributed by atoms with Gasteiger partial charge in [0.2, 0.25) is 0 Å². The summed E-state index contributed by atoms with van der Waals surface area (Å²) in [7, 11) is 0. The van der Waals surface area contributed by atoms with Crippen LogP contribution in [0.2, 0.25) is 0 Å². The summed E-state index contributed by atoms with van der Waals surface area (Å²) in [5.41, 5.74) is 0.395. The van der Waals surface area contributed by atoms with Gasteiger partial charge in [0.15, 0.2) is 5.69 Å². The first-order chi connectivity index (χ1) is 8.29.